The lowest BCUT2D eigenvalue weighted by molar-refractivity contribution is -0.118. The molecule has 2 aliphatic rings. The van der Waals surface area contributed by atoms with Crippen molar-refractivity contribution in [3.63, 3.8) is 0 Å². The Morgan fingerprint density at radius 3 is 3.11 bits per heavy atom. The van der Waals surface area contributed by atoms with Gasteiger partial charge in [0.05, 0.1) is 17.9 Å². The predicted molar refractivity (Wildman–Crippen MR) is 73.9 cm³/mol. The van der Waals surface area contributed by atoms with Crippen LogP contribution in [0.4, 0.5) is 5.69 Å². The summed E-state index contributed by atoms with van der Waals surface area (Å²) in [5.74, 6) is 1.33. The Morgan fingerprint density at radius 2 is 2.37 bits per heavy atom. The van der Waals surface area contributed by atoms with E-state index in [1.807, 2.05) is 10.9 Å². The van der Waals surface area contributed by atoms with Crippen LogP contribution in [0.3, 0.4) is 0 Å². The van der Waals surface area contributed by atoms with E-state index in [2.05, 4.69) is 29.6 Å². The molecule has 104 valence electrons. The van der Waals surface area contributed by atoms with Crippen molar-refractivity contribution in [2.45, 2.75) is 45.2 Å². The second-order valence-corrected chi connectivity index (χ2v) is 6.03. The average Bonchev–Trinajstić information content (AvgIpc) is 3.03. The highest BCUT2D eigenvalue weighted by molar-refractivity contribution is 5.95. The van der Waals surface area contributed by atoms with Crippen LogP contribution in [-0.4, -0.2) is 28.3 Å². The van der Waals surface area contributed by atoms with Gasteiger partial charge < -0.3 is 10.6 Å². The van der Waals surface area contributed by atoms with Crippen LogP contribution in [0.2, 0.25) is 0 Å². The first-order chi connectivity index (χ1) is 9.15. The monoisotopic (exact) mass is 262 g/mol. The van der Waals surface area contributed by atoms with E-state index in [1.165, 1.54) is 19.3 Å². The number of anilines is 1. The average molecular weight is 262 g/mol. The van der Waals surface area contributed by atoms with Gasteiger partial charge in [0.2, 0.25) is 5.91 Å². The number of aromatic nitrogens is 2. The summed E-state index contributed by atoms with van der Waals surface area (Å²) in [7, 11) is 0. The van der Waals surface area contributed by atoms with Gasteiger partial charge >= 0.3 is 0 Å². The molecule has 3 atom stereocenters. The third-order valence-corrected chi connectivity index (χ3v) is 4.43. The van der Waals surface area contributed by atoms with Crippen LogP contribution in [-0.2, 0) is 4.79 Å². The van der Waals surface area contributed by atoms with Crippen molar-refractivity contribution in [1.82, 2.24) is 15.1 Å². The van der Waals surface area contributed by atoms with E-state index < -0.39 is 0 Å². The zero-order chi connectivity index (χ0) is 13.4. The molecule has 2 fully saturated rings. The first-order valence-electron chi connectivity index (χ1n) is 7.23. The van der Waals surface area contributed by atoms with E-state index in [0.717, 1.165) is 12.2 Å². The smallest absolute Gasteiger partial charge is 0.241 e. The molecule has 19 heavy (non-hydrogen) atoms. The van der Waals surface area contributed by atoms with Crippen molar-refractivity contribution >= 4 is 11.6 Å². The lowest BCUT2D eigenvalue weighted by Crippen LogP contribution is -2.39. The summed E-state index contributed by atoms with van der Waals surface area (Å²) in [4.78, 5) is 12.3. The number of amides is 1. The maximum atomic E-state index is 12.3. The second-order valence-electron chi connectivity index (χ2n) is 6.03. The molecule has 0 bridgehead atoms. The van der Waals surface area contributed by atoms with Gasteiger partial charge in [0.25, 0.3) is 0 Å². The lowest BCUT2D eigenvalue weighted by atomic mass is 9.93. The maximum Gasteiger partial charge on any atom is 0.241 e. The van der Waals surface area contributed by atoms with Crippen molar-refractivity contribution in [2.75, 3.05) is 11.9 Å². The summed E-state index contributed by atoms with van der Waals surface area (Å²) in [6, 6.07) is 0.296. The molecule has 1 saturated heterocycles. The van der Waals surface area contributed by atoms with Crippen LogP contribution >= 0.6 is 0 Å². The Bertz CT molecular complexity index is 468. The standard InChI is InChI=1S/C14H22N4O/c1-9(2)18-8-11(7-16-18)17-14(19)13-12-5-3-4-10(12)6-15-13/h7-10,12-13,15H,3-6H2,1-2H3,(H,17,19). The van der Waals surface area contributed by atoms with Crippen LogP contribution in [0, 0.1) is 11.8 Å². The summed E-state index contributed by atoms with van der Waals surface area (Å²) in [5, 5.41) is 10.6. The molecule has 1 amide bonds. The molecule has 3 rings (SSSR count). The normalized spacial score (nSPS) is 29.7. The SMILES string of the molecule is CC(C)n1cc(NC(=O)C2NCC3CCCC32)cn1. The van der Waals surface area contributed by atoms with Crippen molar-refractivity contribution in [1.29, 1.82) is 0 Å². The van der Waals surface area contributed by atoms with E-state index in [1.54, 1.807) is 6.20 Å². The summed E-state index contributed by atoms with van der Waals surface area (Å²) < 4.78 is 1.86. The van der Waals surface area contributed by atoms with Crippen LogP contribution in [0.15, 0.2) is 12.4 Å². The Morgan fingerprint density at radius 1 is 1.53 bits per heavy atom. The Kier molecular flexibility index (Phi) is 3.31. The molecule has 1 aliphatic carbocycles. The van der Waals surface area contributed by atoms with Crippen molar-refractivity contribution < 1.29 is 4.79 Å². The number of carbonyl (C=O) groups excluding carboxylic acids is 1. The molecule has 1 aromatic rings. The first-order valence-corrected chi connectivity index (χ1v) is 7.23. The van der Waals surface area contributed by atoms with Crippen LogP contribution in [0.5, 0.6) is 0 Å². The molecule has 1 aliphatic heterocycles. The highest BCUT2D eigenvalue weighted by Gasteiger charge is 2.42. The van der Waals surface area contributed by atoms with Gasteiger partial charge in [0.1, 0.15) is 0 Å². The van der Waals surface area contributed by atoms with Crippen molar-refractivity contribution in [3.8, 4) is 0 Å². The summed E-state index contributed by atoms with van der Waals surface area (Å²) >= 11 is 0. The minimum atomic E-state index is -0.0186. The molecule has 2 heterocycles. The van der Waals surface area contributed by atoms with E-state index >= 15 is 0 Å². The highest BCUT2D eigenvalue weighted by atomic mass is 16.2. The minimum absolute atomic E-state index is 0.0186. The Labute approximate surface area is 113 Å². The minimum Gasteiger partial charge on any atom is -0.322 e. The van der Waals surface area contributed by atoms with Gasteiger partial charge in [-0.2, -0.15) is 5.10 Å². The Hall–Kier alpha value is -1.36. The first kappa shape index (κ1) is 12.7. The van der Waals surface area contributed by atoms with Gasteiger partial charge in [0, 0.05) is 12.2 Å². The molecule has 1 aromatic heterocycles. The number of nitrogens with one attached hydrogen (secondary N) is 2. The fraction of sp³-hybridized carbons (Fsp3) is 0.714. The van der Waals surface area contributed by atoms with Gasteiger partial charge in [-0.3, -0.25) is 9.48 Å². The van der Waals surface area contributed by atoms with E-state index in [4.69, 9.17) is 0 Å². The lowest BCUT2D eigenvalue weighted by Gasteiger charge is -2.17. The fourth-order valence-corrected chi connectivity index (χ4v) is 3.38. The molecule has 0 radical (unpaired) electrons. The molecular formula is C14H22N4O. The summed E-state index contributed by atoms with van der Waals surface area (Å²) in [6.07, 6.45) is 7.34. The predicted octanol–water partition coefficient (Wildman–Crippen LogP) is 1.79. The molecular weight excluding hydrogens is 240 g/mol. The van der Waals surface area contributed by atoms with Crippen molar-refractivity contribution in [3.05, 3.63) is 12.4 Å². The largest absolute Gasteiger partial charge is 0.322 e. The number of fused-ring (bicyclic) bond motifs is 1. The zero-order valence-corrected chi connectivity index (χ0v) is 11.6. The third kappa shape index (κ3) is 2.39. The number of nitrogens with zero attached hydrogens (tertiary/aromatic N) is 2. The number of hydrogen-bond acceptors (Lipinski definition) is 3. The van der Waals surface area contributed by atoms with Crippen LogP contribution in [0.25, 0.3) is 0 Å². The molecule has 5 heteroatoms. The quantitative estimate of drug-likeness (QED) is 0.873. The van der Waals surface area contributed by atoms with Crippen LogP contribution < -0.4 is 10.6 Å². The molecule has 2 N–H and O–H groups in total. The van der Waals surface area contributed by atoms with Crippen LogP contribution in [0.1, 0.15) is 39.2 Å². The van der Waals surface area contributed by atoms with E-state index in [0.29, 0.717) is 17.9 Å². The molecule has 0 spiro atoms. The zero-order valence-electron chi connectivity index (χ0n) is 11.6. The van der Waals surface area contributed by atoms with Gasteiger partial charge in [-0.1, -0.05) is 6.42 Å². The third-order valence-electron chi connectivity index (χ3n) is 4.43. The fourth-order valence-electron chi connectivity index (χ4n) is 3.38. The van der Waals surface area contributed by atoms with E-state index in [-0.39, 0.29) is 11.9 Å². The van der Waals surface area contributed by atoms with Gasteiger partial charge in [-0.05, 0) is 45.1 Å². The molecule has 3 unspecified atom stereocenters. The second kappa shape index (κ2) is 4.96. The topological polar surface area (TPSA) is 59.0 Å². The van der Waals surface area contributed by atoms with E-state index in [9.17, 15) is 4.79 Å². The number of carbonyl (C=O) groups is 1. The summed E-state index contributed by atoms with van der Waals surface area (Å²) in [5.41, 5.74) is 0.793. The molecule has 5 nitrogen and oxygen atoms in total. The maximum absolute atomic E-state index is 12.3. The molecule has 0 aromatic carbocycles. The number of hydrogen-bond donors (Lipinski definition) is 2. The van der Waals surface area contributed by atoms with Crippen molar-refractivity contribution in [2.24, 2.45) is 11.8 Å². The number of rotatable bonds is 3. The summed E-state index contributed by atoms with van der Waals surface area (Å²) in [6.45, 7) is 5.13. The Balaban J connectivity index is 1.64. The van der Waals surface area contributed by atoms with Gasteiger partial charge in [-0.15, -0.1) is 0 Å². The molecule has 1 saturated carbocycles. The highest BCUT2D eigenvalue weighted by Crippen LogP contribution is 2.37. The van der Waals surface area contributed by atoms with Gasteiger partial charge in [-0.25, -0.2) is 0 Å². The van der Waals surface area contributed by atoms with Gasteiger partial charge in [0.15, 0.2) is 0 Å².